The molecular formula is C31H47NO2. The van der Waals surface area contributed by atoms with E-state index in [0.29, 0.717) is 11.8 Å². The molecule has 0 aromatic heterocycles. The van der Waals surface area contributed by atoms with Crippen LogP contribution in [0.4, 0.5) is 0 Å². The van der Waals surface area contributed by atoms with Crippen LogP contribution in [0.1, 0.15) is 91.9 Å². The summed E-state index contributed by atoms with van der Waals surface area (Å²) in [7, 11) is 0. The molecule has 0 atom stereocenters. The van der Waals surface area contributed by atoms with Crippen LogP contribution in [0, 0.1) is 29.6 Å². The Hall–Kier alpha value is -1.61. The number of rotatable bonds is 5. The highest BCUT2D eigenvalue weighted by molar-refractivity contribution is 5.72. The molecule has 1 saturated heterocycles. The van der Waals surface area contributed by atoms with Gasteiger partial charge in [-0.25, -0.2) is 0 Å². The van der Waals surface area contributed by atoms with Crippen LogP contribution in [-0.2, 0) is 9.53 Å². The molecule has 3 fully saturated rings. The highest BCUT2D eigenvalue weighted by Gasteiger charge is 2.40. The number of hydrogen-bond donors (Lipinski definition) is 1. The molecule has 0 bridgehead atoms. The van der Waals surface area contributed by atoms with Gasteiger partial charge in [-0.05, 0) is 103 Å². The third-order valence-electron chi connectivity index (χ3n) is 8.56. The summed E-state index contributed by atoms with van der Waals surface area (Å²) < 4.78 is 6.05. The molecule has 0 unspecified atom stereocenters. The summed E-state index contributed by atoms with van der Waals surface area (Å²) in [6.07, 6.45) is 29.7. The Bertz CT molecular complexity index is 769. The average molecular weight is 466 g/mol. The van der Waals surface area contributed by atoms with E-state index >= 15 is 0 Å². The summed E-state index contributed by atoms with van der Waals surface area (Å²) in [5.74, 6) is 2.93. The quantitative estimate of drug-likeness (QED) is 0.342. The van der Waals surface area contributed by atoms with Crippen LogP contribution in [0.25, 0.3) is 0 Å². The van der Waals surface area contributed by atoms with Gasteiger partial charge in [-0.1, -0.05) is 48.6 Å². The smallest absolute Gasteiger partial charge is 0.309 e. The minimum Gasteiger partial charge on any atom is -0.462 e. The largest absolute Gasteiger partial charge is 0.462 e. The SMILES string of the molecule is CC1(C)CC(OC(=O)C2CCC(/C=C/C3CCC(C4C=CC=CC=C4)CC3)CC2)CC(C)(C)N1. The number of nitrogens with one attached hydrogen (secondary N) is 1. The van der Waals surface area contributed by atoms with Gasteiger partial charge in [0, 0.05) is 23.9 Å². The summed E-state index contributed by atoms with van der Waals surface area (Å²) >= 11 is 0. The van der Waals surface area contributed by atoms with Crippen molar-refractivity contribution in [2.75, 3.05) is 0 Å². The molecule has 188 valence electrons. The van der Waals surface area contributed by atoms with Crippen LogP contribution in [0.5, 0.6) is 0 Å². The van der Waals surface area contributed by atoms with Crippen LogP contribution < -0.4 is 5.32 Å². The first-order chi connectivity index (χ1) is 16.2. The van der Waals surface area contributed by atoms with Crippen molar-refractivity contribution in [1.29, 1.82) is 0 Å². The third-order valence-corrected chi connectivity index (χ3v) is 8.56. The zero-order chi connectivity index (χ0) is 24.2. The summed E-state index contributed by atoms with van der Waals surface area (Å²) in [6, 6.07) is 0. The number of allylic oxidation sites excluding steroid dienone is 8. The normalized spacial score (nSPS) is 34.2. The van der Waals surface area contributed by atoms with Crippen LogP contribution in [0.15, 0.2) is 48.6 Å². The maximum atomic E-state index is 12.9. The Morgan fingerprint density at radius 2 is 1.26 bits per heavy atom. The maximum Gasteiger partial charge on any atom is 0.309 e. The van der Waals surface area contributed by atoms with Gasteiger partial charge in [0.1, 0.15) is 6.10 Å². The zero-order valence-electron chi connectivity index (χ0n) is 22.0. The monoisotopic (exact) mass is 465 g/mol. The average Bonchev–Trinajstić information content (AvgIpc) is 3.06. The first kappa shape index (κ1) is 25.5. The number of carbonyl (C=O) groups excluding carboxylic acids is 1. The predicted octanol–water partition coefficient (Wildman–Crippen LogP) is 7.31. The Morgan fingerprint density at radius 3 is 1.79 bits per heavy atom. The molecule has 3 aliphatic carbocycles. The second-order valence-electron chi connectivity index (χ2n) is 12.8. The first-order valence-corrected chi connectivity index (χ1v) is 13.9. The number of hydrogen-bond acceptors (Lipinski definition) is 3. The van der Waals surface area contributed by atoms with Gasteiger partial charge in [0.25, 0.3) is 0 Å². The van der Waals surface area contributed by atoms with Gasteiger partial charge in [0.05, 0.1) is 5.92 Å². The molecule has 0 aromatic carbocycles. The minimum absolute atomic E-state index is 0.00853. The highest BCUT2D eigenvalue weighted by atomic mass is 16.5. The molecule has 4 rings (SSSR count). The topological polar surface area (TPSA) is 38.3 Å². The van der Waals surface area contributed by atoms with Crippen molar-refractivity contribution >= 4 is 5.97 Å². The molecule has 0 aromatic rings. The second-order valence-corrected chi connectivity index (χ2v) is 12.8. The molecule has 0 spiro atoms. The van der Waals surface area contributed by atoms with Crippen LogP contribution in [0.2, 0.25) is 0 Å². The van der Waals surface area contributed by atoms with Crippen LogP contribution >= 0.6 is 0 Å². The molecular weight excluding hydrogens is 418 g/mol. The fraction of sp³-hybridized carbons (Fsp3) is 0.710. The third kappa shape index (κ3) is 7.20. The van der Waals surface area contributed by atoms with Gasteiger partial charge >= 0.3 is 5.97 Å². The Morgan fingerprint density at radius 1 is 0.765 bits per heavy atom. The van der Waals surface area contributed by atoms with Gasteiger partial charge in [-0.2, -0.15) is 0 Å². The molecule has 2 saturated carbocycles. The molecule has 1 heterocycles. The fourth-order valence-corrected chi connectivity index (χ4v) is 7.05. The fourth-order valence-electron chi connectivity index (χ4n) is 7.05. The van der Waals surface area contributed by atoms with E-state index in [0.717, 1.165) is 50.4 Å². The lowest BCUT2D eigenvalue weighted by Crippen LogP contribution is -2.59. The van der Waals surface area contributed by atoms with E-state index in [9.17, 15) is 4.79 Å². The van der Waals surface area contributed by atoms with Crippen molar-refractivity contribution in [3.05, 3.63) is 48.6 Å². The molecule has 1 aliphatic heterocycles. The predicted molar refractivity (Wildman–Crippen MR) is 141 cm³/mol. The van der Waals surface area contributed by atoms with Crippen LogP contribution in [-0.4, -0.2) is 23.2 Å². The lowest BCUT2D eigenvalue weighted by Gasteiger charge is -2.46. The molecule has 34 heavy (non-hydrogen) atoms. The highest BCUT2D eigenvalue weighted by Crippen LogP contribution is 2.37. The standard InChI is InChI=1S/C31H47NO2/c1-30(2)21-28(22-31(3,4)32-30)34-29(33)27-19-15-24(16-20-27)12-11-23-13-17-26(18-14-23)25-9-7-5-6-8-10-25/h5-12,23-28,32H,13-22H2,1-4H3/b12-11+. The Labute approximate surface area is 208 Å². The zero-order valence-corrected chi connectivity index (χ0v) is 22.0. The van der Waals surface area contributed by atoms with Crippen LogP contribution in [0.3, 0.4) is 0 Å². The Balaban J connectivity index is 1.17. The number of piperidine rings is 1. The van der Waals surface area contributed by atoms with Crippen molar-refractivity contribution in [1.82, 2.24) is 5.32 Å². The second kappa shape index (κ2) is 11.0. The first-order valence-electron chi connectivity index (χ1n) is 13.9. The summed E-state index contributed by atoms with van der Waals surface area (Å²) in [4.78, 5) is 12.9. The lowest BCUT2D eigenvalue weighted by atomic mass is 9.75. The van der Waals surface area contributed by atoms with Crippen molar-refractivity contribution in [2.24, 2.45) is 29.6 Å². The molecule has 0 amide bonds. The number of carbonyl (C=O) groups is 1. The minimum atomic E-state index is 0.00853. The molecule has 3 nitrogen and oxygen atoms in total. The van der Waals surface area contributed by atoms with Gasteiger partial charge in [-0.3, -0.25) is 4.79 Å². The van der Waals surface area contributed by atoms with Gasteiger partial charge in [0.15, 0.2) is 0 Å². The van der Waals surface area contributed by atoms with E-state index in [2.05, 4.69) is 81.6 Å². The summed E-state index contributed by atoms with van der Waals surface area (Å²) in [5, 5.41) is 3.68. The summed E-state index contributed by atoms with van der Waals surface area (Å²) in [6.45, 7) is 8.84. The number of esters is 1. The summed E-state index contributed by atoms with van der Waals surface area (Å²) in [5.41, 5.74) is 0.0171. The lowest BCUT2D eigenvalue weighted by molar-refractivity contribution is -0.159. The van der Waals surface area contributed by atoms with Gasteiger partial charge in [-0.15, -0.1) is 0 Å². The van der Waals surface area contributed by atoms with Gasteiger partial charge in [0.2, 0.25) is 0 Å². The van der Waals surface area contributed by atoms with E-state index < -0.39 is 0 Å². The van der Waals surface area contributed by atoms with Crippen molar-refractivity contribution < 1.29 is 9.53 Å². The van der Waals surface area contributed by atoms with E-state index in [1.807, 2.05) is 0 Å². The molecule has 1 N–H and O–H groups in total. The van der Waals surface area contributed by atoms with Crippen molar-refractivity contribution in [3.8, 4) is 0 Å². The van der Waals surface area contributed by atoms with E-state index in [1.165, 1.54) is 25.7 Å². The van der Waals surface area contributed by atoms with Crippen molar-refractivity contribution in [3.63, 3.8) is 0 Å². The van der Waals surface area contributed by atoms with E-state index in [-0.39, 0.29) is 29.1 Å². The maximum absolute atomic E-state index is 12.9. The molecule has 4 aliphatic rings. The number of ether oxygens (including phenoxy) is 1. The van der Waals surface area contributed by atoms with Gasteiger partial charge < -0.3 is 10.1 Å². The Kier molecular flexibility index (Phi) is 8.23. The van der Waals surface area contributed by atoms with Crippen molar-refractivity contribution in [2.45, 2.75) is 109 Å². The molecule has 3 heteroatoms. The van der Waals surface area contributed by atoms with E-state index in [4.69, 9.17) is 4.74 Å². The molecule has 0 radical (unpaired) electrons. The van der Waals surface area contributed by atoms with E-state index in [1.54, 1.807) is 0 Å².